The molecule has 0 unspecified atom stereocenters. The minimum absolute atomic E-state index is 0.110. The Morgan fingerprint density at radius 1 is 1.46 bits per heavy atom. The highest BCUT2D eigenvalue weighted by molar-refractivity contribution is 5.97. The van der Waals surface area contributed by atoms with E-state index in [1.165, 1.54) is 19.4 Å². The average molecular weight is 396 g/mol. The van der Waals surface area contributed by atoms with E-state index in [1.54, 1.807) is 6.92 Å². The first-order chi connectivity index (χ1) is 13.3. The normalized spacial score (nSPS) is 23.3. The van der Waals surface area contributed by atoms with Gasteiger partial charge in [0.2, 0.25) is 0 Å². The van der Waals surface area contributed by atoms with Gasteiger partial charge >= 0.3 is 5.97 Å². The molecule has 2 rings (SSSR count). The van der Waals surface area contributed by atoms with Gasteiger partial charge in [-0.15, -0.1) is 0 Å². The number of carbonyl (C=O) groups is 2. The van der Waals surface area contributed by atoms with Gasteiger partial charge in [-0.3, -0.25) is 4.79 Å². The number of aromatic hydroxyl groups is 1. The van der Waals surface area contributed by atoms with E-state index in [1.807, 2.05) is 13.8 Å². The van der Waals surface area contributed by atoms with Crippen molar-refractivity contribution < 1.29 is 33.6 Å². The van der Waals surface area contributed by atoms with E-state index in [0.717, 1.165) is 0 Å². The fourth-order valence-corrected chi connectivity index (χ4v) is 2.62. The van der Waals surface area contributed by atoms with Crippen LogP contribution in [-0.2, 0) is 19.0 Å². The van der Waals surface area contributed by atoms with Crippen LogP contribution in [0, 0.1) is 5.92 Å². The van der Waals surface area contributed by atoms with E-state index >= 15 is 0 Å². The number of hydrogen-bond acceptors (Lipinski definition) is 8. The van der Waals surface area contributed by atoms with E-state index < -0.39 is 29.8 Å². The minimum Gasteiger partial charge on any atom is -0.503 e. The molecule has 3 atom stereocenters. The highest BCUT2D eigenvalue weighted by Gasteiger charge is 2.31. The van der Waals surface area contributed by atoms with Crippen molar-refractivity contribution in [3.05, 3.63) is 18.0 Å². The van der Waals surface area contributed by atoms with Gasteiger partial charge in [0, 0.05) is 31.9 Å². The summed E-state index contributed by atoms with van der Waals surface area (Å²) in [5.41, 5.74) is -0.237. The van der Waals surface area contributed by atoms with E-state index in [-0.39, 0.29) is 30.6 Å². The van der Waals surface area contributed by atoms with Gasteiger partial charge in [-0.1, -0.05) is 13.8 Å². The quantitative estimate of drug-likeness (QED) is 0.691. The Labute approximate surface area is 164 Å². The van der Waals surface area contributed by atoms with Gasteiger partial charge in [-0.2, -0.15) is 0 Å². The predicted molar refractivity (Wildman–Crippen MR) is 99.3 cm³/mol. The predicted octanol–water partition coefficient (Wildman–Crippen LogP) is 1.29. The second-order valence-electron chi connectivity index (χ2n) is 7.01. The molecule has 0 saturated carbocycles. The number of nitrogens with zero attached hydrogens (tertiary/aromatic N) is 1. The van der Waals surface area contributed by atoms with E-state index in [9.17, 15) is 14.7 Å². The molecule has 1 fully saturated rings. The molecule has 0 aliphatic carbocycles. The number of nitrogens with one attached hydrogen (secondary N) is 1. The Balaban J connectivity index is 2.06. The Bertz CT molecular complexity index is 680. The highest BCUT2D eigenvalue weighted by atomic mass is 16.6. The number of rotatable bonds is 6. The first-order valence-corrected chi connectivity index (χ1v) is 9.26. The van der Waals surface area contributed by atoms with Crippen LogP contribution in [0.15, 0.2) is 12.3 Å². The second kappa shape index (κ2) is 10.2. The summed E-state index contributed by atoms with van der Waals surface area (Å²) in [4.78, 5) is 28.9. The van der Waals surface area contributed by atoms with Crippen molar-refractivity contribution in [3.8, 4) is 11.5 Å². The van der Waals surface area contributed by atoms with E-state index in [0.29, 0.717) is 19.1 Å². The Morgan fingerprint density at radius 2 is 2.21 bits per heavy atom. The van der Waals surface area contributed by atoms with E-state index in [2.05, 4.69) is 10.3 Å². The van der Waals surface area contributed by atoms with Crippen molar-refractivity contribution >= 4 is 11.9 Å². The lowest BCUT2D eigenvalue weighted by molar-refractivity contribution is -0.159. The first-order valence-electron chi connectivity index (χ1n) is 9.26. The zero-order valence-corrected chi connectivity index (χ0v) is 16.6. The smallest absolute Gasteiger partial charge is 0.329 e. The summed E-state index contributed by atoms with van der Waals surface area (Å²) >= 11 is 0. The molecule has 28 heavy (non-hydrogen) atoms. The number of carbonyl (C=O) groups excluding carboxylic acids is 2. The molecule has 0 radical (unpaired) electrons. The molecule has 1 aliphatic heterocycles. The van der Waals surface area contributed by atoms with Crippen LogP contribution in [0.1, 0.15) is 37.7 Å². The number of cyclic esters (lactones) is 1. The van der Waals surface area contributed by atoms with Crippen LogP contribution in [0.4, 0.5) is 0 Å². The summed E-state index contributed by atoms with van der Waals surface area (Å²) < 4.78 is 21.8. The molecule has 156 valence electrons. The van der Waals surface area contributed by atoms with Crippen LogP contribution in [0.3, 0.4) is 0 Å². The summed E-state index contributed by atoms with van der Waals surface area (Å²) in [7, 11) is 1.36. The van der Waals surface area contributed by atoms with Crippen LogP contribution in [-0.4, -0.2) is 67.1 Å². The average Bonchev–Trinajstić information content (AvgIpc) is 2.71. The molecule has 9 nitrogen and oxygen atoms in total. The molecule has 1 saturated heterocycles. The summed E-state index contributed by atoms with van der Waals surface area (Å²) in [6.07, 6.45) is 0.632. The lowest BCUT2D eigenvalue weighted by Gasteiger charge is -2.25. The summed E-state index contributed by atoms with van der Waals surface area (Å²) in [6, 6.07) is 0.485. The van der Waals surface area contributed by atoms with Crippen LogP contribution < -0.4 is 10.1 Å². The molecular weight excluding hydrogens is 368 g/mol. The van der Waals surface area contributed by atoms with Crippen molar-refractivity contribution in [2.24, 2.45) is 5.92 Å². The monoisotopic (exact) mass is 396 g/mol. The van der Waals surface area contributed by atoms with Gasteiger partial charge in [-0.05, 0) is 12.8 Å². The van der Waals surface area contributed by atoms with E-state index in [4.69, 9.17) is 18.9 Å². The zero-order chi connectivity index (χ0) is 20.7. The molecule has 1 amide bonds. The molecule has 0 bridgehead atoms. The number of pyridine rings is 1. The molecule has 0 spiro atoms. The van der Waals surface area contributed by atoms with Gasteiger partial charge in [0.15, 0.2) is 17.2 Å². The number of esters is 1. The second-order valence-corrected chi connectivity index (χ2v) is 7.01. The maximum absolute atomic E-state index is 12.5. The van der Waals surface area contributed by atoms with Gasteiger partial charge < -0.3 is 29.4 Å². The lowest BCUT2D eigenvalue weighted by atomic mass is 10.2. The third-order valence-corrected chi connectivity index (χ3v) is 4.21. The number of aromatic nitrogens is 1. The zero-order valence-electron chi connectivity index (χ0n) is 16.6. The Kier molecular flexibility index (Phi) is 8.01. The highest BCUT2D eigenvalue weighted by Crippen LogP contribution is 2.27. The van der Waals surface area contributed by atoms with Gasteiger partial charge in [-0.25, -0.2) is 9.78 Å². The molecule has 2 N–H and O–H groups in total. The van der Waals surface area contributed by atoms with Crippen molar-refractivity contribution in [3.63, 3.8) is 0 Å². The summed E-state index contributed by atoms with van der Waals surface area (Å²) in [5, 5.41) is 12.6. The van der Waals surface area contributed by atoms with Gasteiger partial charge in [0.05, 0.1) is 13.7 Å². The SMILES string of the molecule is COc1ccnc(C(=O)N[C@H]2CCOC[C@@H](OCC(C)C)[C@H](C)OC2=O)c1O. The Hall–Kier alpha value is -2.39. The van der Waals surface area contributed by atoms with Crippen molar-refractivity contribution in [1.29, 1.82) is 0 Å². The number of amides is 1. The number of hydrogen-bond donors (Lipinski definition) is 2. The minimum atomic E-state index is -0.939. The molecule has 1 aromatic rings. The third kappa shape index (κ3) is 5.80. The van der Waals surface area contributed by atoms with Crippen molar-refractivity contribution in [2.45, 2.75) is 45.4 Å². The molecule has 1 aliphatic rings. The van der Waals surface area contributed by atoms with Gasteiger partial charge in [0.1, 0.15) is 18.2 Å². The standard InChI is InChI=1S/C19H28N2O7/c1-11(2)9-27-15-10-26-8-6-13(19(24)28-12(15)3)21-18(23)16-17(22)14(25-4)5-7-20-16/h5,7,11-13,15,22H,6,8-10H2,1-4H3,(H,21,23)/t12-,13-,15+/m0/s1. The molecule has 1 aromatic heterocycles. The van der Waals surface area contributed by atoms with Crippen LogP contribution in [0.5, 0.6) is 11.5 Å². The summed E-state index contributed by atoms with van der Waals surface area (Å²) in [5.74, 6) is -1.25. The van der Waals surface area contributed by atoms with Crippen LogP contribution >= 0.6 is 0 Å². The van der Waals surface area contributed by atoms with Crippen molar-refractivity contribution in [1.82, 2.24) is 10.3 Å². The topological polar surface area (TPSA) is 116 Å². The fraction of sp³-hybridized carbons (Fsp3) is 0.632. The molecule has 2 heterocycles. The fourth-order valence-electron chi connectivity index (χ4n) is 2.62. The van der Waals surface area contributed by atoms with Crippen molar-refractivity contribution in [2.75, 3.05) is 26.9 Å². The first kappa shape index (κ1) is 21.9. The molecule has 0 aromatic carbocycles. The van der Waals surface area contributed by atoms with Gasteiger partial charge in [0.25, 0.3) is 5.91 Å². The maximum Gasteiger partial charge on any atom is 0.329 e. The van der Waals surface area contributed by atoms with Crippen LogP contribution in [0.25, 0.3) is 0 Å². The van der Waals surface area contributed by atoms with Crippen LogP contribution in [0.2, 0.25) is 0 Å². The largest absolute Gasteiger partial charge is 0.503 e. The Morgan fingerprint density at radius 3 is 2.89 bits per heavy atom. The summed E-state index contributed by atoms with van der Waals surface area (Å²) in [6.45, 7) is 6.84. The number of ether oxygens (including phenoxy) is 4. The lowest BCUT2D eigenvalue weighted by Crippen LogP contribution is -2.44. The maximum atomic E-state index is 12.5. The molecular formula is C19H28N2O7. The molecule has 9 heteroatoms. The third-order valence-electron chi connectivity index (χ3n) is 4.21. The number of methoxy groups -OCH3 is 1.